The number of aromatic nitrogens is 1. The molecule has 0 bridgehead atoms. The first kappa shape index (κ1) is 17.7. The second kappa shape index (κ2) is 6.30. The van der Waals surface area contributed by atoms with E-state index >= 15 is 0 Å². The minimum Gasteiger partial charge on any atom is -0.456 e. The lowest BCUT2D eigenvalue weighted by Crippen LogP contribution is -2.24. The molecule has 1 heterocycles. The average Bonchev–Trinajstić information content (AvgIpc) is 2.87. The first-order valence-corrected chi connectivity index (χ1v) is 8.76. The number of carbonyl (C=O) groups excluding carboxylic acids is 1. The van der Waals surface area contributed by atoms with Gasteiger partial charge < -0.3 is 9.72 Å². The van der Waals surface area contributed by atoms with Gasteiger partial charge in [-0.15, -0.1) is 0 Å². The molecule has 0 saturated carbocycles. The van der Waals surface area contributed by atoms with Gasteiger partial charge in [0.2, 0.25) is 0 Å². The van der Waals surface area contributed by atoms with Crippen molar-refractivity contribution >= 4 is 32.8 Å². The van der Waals surface area contributed by atoms with E-state index in [2.05, 4.69) is 20.9 Å². The molecule has 0 aliphatic rings. The maximum atomic E-state index is 13.6. The Bertz CT molecular complexity index is 970. The van der Waals surface area contributed by atoms with Gasteiger partial charge in [-0.3, -0.25) is 0 Å². The number of halogens is 2. The lowest BCUT2D eigenvalue weighted by Gasteiger charge is -2.20. The third-order valence-corrected chi connectivity index (χ3v) is 4.30. The van der Waals surface area contributed by atoms with Crippen molar-refractivity contribution in [2.24, 2.45) is 0 Å². The number of H-pyrrole nitrogens is 1. The molecule has 0 spiro atoms. The number of carbonyl (C=O) groups is 1. The largest absolute Gasteiger partial charge is 0.456 e. The molecular weight excluding hydrogens is 385 g/mol. The number of ether oxygens (including phenoxy) is 1. The van der Waals surface area contributed by atoms with Gasteiger partial charge in [-0.05, 0) is 75.2 Å². The molecule has 0 saturated heterocycles. The van der Waals surface area contributed by atoms with Crippen LogP contribution in [0.2, 0.25) is 0 Å². The zero-order valence-corrected chi connectivity index (χ0v) is 16.1. The van der Waals surface area contributed by atoms with Gasteiger partial charge in [0.1, 0.15) is 11.4 Å². The predicted molar refractivity (Wildman–Crippen MR) is 101 cm³/mol. The monoisotopic (exact) mass is 403 g/mol. The van der Waals surface area contributed by atoms with Crippen LogP contribution >= 0.6 is 15.9 Å². The number of nitrogens with one attached hydrogen (secondary N) is 1. The van der Waals surface area contributed by atoms with E-state index in [9.17, 15) is 9.18 Å². The summed E-state index contributed by atoms with van der Waals surface area (Å²) in [7, 11) is 0. The summed E-state index contributed by atoms with van der Waals surface area (Å²) in [6.07, 6.45) is 0. The van der Waals surface area contributed by atoms with Crippen LogP contribution in [-0.2, 0) is 4.74 Å². The molecule has 0 fully saturated rings. The topological polar surface area (TPSA) is 42.1 Å². The van der Waals surface area contributed by atoms with Crippen LogP contribution in [0.4, 0.5) is 4.39 Å². The summed E-state index contributed by atoms with van der Waals surface area (Å²) in [5.41, 5.74) is 2.56. The third kappa shape index (κ3) is 3.61. The van der Waals surface area contributed by atoms with Crippen molar-refractivity contribution in [3.63, 3.8) is 0 Å². The molecule has 2 aromatic carbocycles. The minimum absolute atomic E-state index is 0.276. The van der Waals surface area contributed by atoms with E-state index in [0.717, 1.165) is 20.9 Å². The van der Waals surface area contributed by atoms with Gasteiger partial charge in [0.25, 0.3) is 0 Å². The maximum absolute atomic E-state index is 13.6. The summed E-state index contributed by atoms with van der Waals surface area (Å²) in [5.74, 6) is -0.685. The van der Waals surface area contributed by atoms with E-state index in [1.807, 2.05) is 39.0 Å². The zero-order valence-electron chi connectivity index (χ0n) is 14.5. The summed E-state index contributed by atoms with van der Waals surface area (Å²) in [5, 5.41) is 0.764. The standard InChI is InChI=1S/C20H19BrFNO2/c1-11-9-12(5-7-15(11)22)18-17(19(24)25-20(2,3)4)14-10-13(21)6-8-16(14)23-18/h5-10,23H,1-4H3. The Morgan fingerprint density at radius 1 is 1.16 bits per heavy atom. The van der Waals surface area contributed by atoms with E-state index < -0.39 is 11.6 Å². The van der Waals surface area contributed by atoms with Crippen LogP contribution in [0.5, 0.6) is 0 Å². The Hall–Kier alpha value is -2.14. The fourth-order valence-corrected chi connectivity index (χ4v) is 3.08. The van der Waals surface area contributed by atoms with E-state index in [0.29, 0.717) is 16.8 Å². The van der Waals surface area contributed by atoms with Crippen molar-refractivity contribution < 1.29 is 13.9 Å². The Morgan fingerprint density at radius 2 is 1.88 bits per heavy atom. The highest BCUT2D eigenvalue weighted by Gasteiger charge is 2.25. The molecule has 25 heavy (non-hydrogen) atoms. The first-order chi connectivity index (χ1) is 11.7. The number of hydrogen-bond acceptors (Lipinski definition) is 2. The molecule has 1 aromatic heterocycles. The Balaban J connectivity index is 2.25. The highest BCUT2D eigenvalue weighted by Crippen LogP contribution is 2.34. The Morgan fingerprint density at radius 3 is 2.52 bits per heavy atom. The minimum atomic E-state index is -0.608. The van der Waals surface area contributed by atoms with Crippen molar-refractivity contribution in [1.82, 2.24) is 4.98 Å². The summed E-state index contributed by atoms with van der Waals surface area (Å²) in [6, 6.07) is 10.5. The molecule has 130 valence electrons. The SMILES string of the molecule is Cc1cc(-c2[nH]c3ccc(Br)cc3c2C(=O)OC(C)(C)C)ccc1F. The molecule has 0 unspecified atom stereocenters. The lowest BCUT2D eigenvalue weighted by atomic mass is 10.0. The first-order valence-electron chi connectivity index (χ1n) is 7.97. The maximum Gasteiger partial charge on any atom is 0.341 e. The number of fused-ring (bicyclic) bond motifs is 1. The summed E-state index contributed by atoms with van der Waals surface area (Å²) >= 11 is 3.45. The van der Waals surface area contributed by atoms with Crippen molar-refractivity contribution in [2.45, 2.75) is 33.3 Å². The van der Waals surface area contributed by atoms with Crippen molar-refractivity contribution in [2.75, 3.05) is 0 Å². The number of hydrogen-bond donors (Lipinski definition) is 1. The van der Waals surface area contributed by atoms with Gasteiger partial charge in [0.05, 0.1) is 11.3 Å². The van der Waals surface area contributed by atoms with Gasteiger partial charge in [0, 0.05) is 15.4 Å². The highest BCUT2D eigenvalue weighted by atomic mass is 79.9. The van der Waals surface area contributed by atoms with Gasteiger partial charge >= 0.3 is 5.97 Å². The summed E-state index contributed by atoms with van der Waals surface area (Å²) in [6.45, 7) is 7.19. The van der Waals surface area contributed by atoms with E-state index in [1.54, 1.807) is 19.1 Å². The molecule has 3 aromatic rings. The van der Waals surface area contributed by atoms with E-state index in [1.165, 1.54) is 6.07 Å². The van der Waals surface area contributed by atoms with Crippen LogP contribution in [0.15, 0.2) is 40.9 Å². The number of esters is 1. The molecule has 0 aliphatic heterocycles. The summed E-state index contributed by atoms with van der Waals surface area (Å²) in [4.78, 5) is 16.1. The van der Waals surface area contributed by atoms with E-state index in [-0.39, 0.29) is 5.82 Å². The van der Waals surface area contributed by atoms with E-state index in [4.69, 9.17) is 4.74 Å². The van der Waals surface area contributed by atoms with Crippen molar-refractivity contribution in [3.05, 3.63) is 57.8 Å². The normalized spacial score (nSPS) is 11.8. The zero-order chi connectivity index (χ0) is 18.4. The fourth-order valence-electron chi connectivity index (χ4n) is 2.72. The van der Waals surface area contributed by atoms with Crippen molar-refractivity contribution in [3.8, 4) is 11.3 Å². The molecule has 1 N–H and O–H groups in total. The van der Waals surface area contributed by atoms with Gasteiger partial charge in [0.15, 0.2) is 0 Å². The Kier molecular flexibility index (Phi) is 4.45. The smallest absolute Gasteiger partial charge is 0.341 e. The van der Waals surface area contributed by atoms with Gasteiger partial charge in [-0.1, -0.05) is 15.9 Å². The molecule has 0 atom stereocenters. The number of rotatable bonds is 2. The molecule has 3 nitrogen and oxygen atoms in total. The second-order valence-corrected chi connectivity index (χ2v) is 7.95. The van der Waals surface area contributed by atoms with Gasteiger partial charge in [-0.25, -0.2) is 9.18 Å². The average molecular weight is 404 g/mol. The van der Waals surface area contributed by atoms with Crippen LogP contribution in [0, 0.1) is 12.7 Å². The van der Waals surface area contributed by atoms with Crippen LogP contribution in [0.1, 0.15) is 36.7 Å². The third-order valence-electron chi connectivity index (χ3n) is 3.81. The summed E-state index contributed by atoms with van der Waals surface area (Å²) < 4.78 is 20.1. The Labute approximate surface area is 154 Å². The lowest BCUT2D eigenvalue weighted by molar-refractivity contribution is 0.00728. The number of aromatic amines is 1. The van der Waals surface area contributed by atoms with Gasteiger partial charge in [-0.2, -0.15) is 0 Å². The molecule has 0 radical (unpaired) electrons. The number of benzene rings is 2. The highest BCUT2D eigenvalue weighted by molar-refractivity contribution is 9.10. The molecular formula is C20H19BrFNO2. The fraction of sp³-hybridized carbons (Fsp3) is 0.250. The van der Waals surface area contributed by atoms with Crippen LogP contribution in [0.3, 0.4) is 0 Å². The number of aryl methyl sites for hydroxylation is 1. The molecule has 0 aliphatic carbocycles. The molecule has 5 heteroatoms. The predicted octanol–water partition coefficient (Wildman–Crippen LogP) is 6.00. The quantitative estimate of drug-likeness (QED) is 0.533. The van der Waals surface area contributed by atoms with Crippen LogP contribution < -0.4 is 0 Å². The molecule has 3 rings (SSSR count). The second-order valence-electron chi connectivity index (χ2n) is 7.03. The van der Waals surface area contributed by atoms with Crippen LogP contribution in [-0.4, -0.2) is 16.6 Å². The van der Waals surface area contributed by atoms with Crippen molar-refractivity contribution in [1.29, 1.82) is 0 Å². The van der Waals surface area contributed by atoms with Crippen LogP contribution in [0.25, 0.3) is 22.2 Å². The molecule has 0 amide bonds.